The monoisotopic (exact) mass is 256 g/mol. The minimum atomic E-state index is -10.7. The van der Waals surface area contributed by atoms with E-state index in [1.165, 1.54) is 0 Å². The molecule has 1 N–H and O–H groups in total. The predicted molar refractivity (Wildman–Crippen MR) is 44.9 cm³/mol. The van der Waals surface area contributed by atoms with E-state index in [1.54, 1.807) is 0 Å². The second-order valence-electron chi connectivity index (χ2n) is 3.11. The summed E-state index contributed by atoms with van der Waals surface area (Å²) in [7, 11) is -10.7. The van der Waals surface area contributed by atoms with Gasteiger partial charge in [-0.15, -0.1) is 0 Å². The molecule has 0 aliphatic heterocycles. The zero-order chi connectivity index (χ0) is 12.4. The SMILES string of the molecule is CC(C)[n+]1cc[nH]c1.F[P-](F)(F)(F)(F)F. The van der Waals surface area contributed by atoms with Crippen LogP contribution in [0.3, 0.4) is 0 Å². The topological polar surface area (TPSA) is 19.7 Å². The molecule has 0 amide bonds. The number of rotatable bonds is 1. The minimum absolute atomic E-state index is 0.571. The van der Waals surface area contributed by atoms with Crippen LogP contribution in [0.5, 0.6) is 0 Å². The summed E-state index contributed by atoms with van der Waals surface area (Å²) in [5.41, 5.74) is 0. The van der Waals surface area contributed by atoms with Gasteiger partial charge in [0.05, 0.1) is 6.04 Å². The Labute approximate surface area is 82.2 Å². The van der Waals surface area contributed by atoms with Crippen LogP contribution in [-0.2, 0) is 0 Å². The summed E-state index contributed by atoms with van der Waals surface area (Å²) in [6.45, 7) is 4.29. The molecule has 1 aromatic rings. The number of hydrogen-bond donors (Lipinski definition) is 1. The molecule has 0 radical (unpaired) electrons. The molecule has 9 heteroatoms. The molecule has 0 atom stereocenters. The Morgan fingerprint density at radius 1 is 1.07 bits per heavy atom. The third kappa shape index (κ3) is 15.9. The van der Waals surface area contributed by atoms with Gasteiger partial charge in [-0.2, -0.15) is 0 Å². The molecule has 0 spiro atoms. The van der Waals surface area contributed by atoms with Crippen molar-refractivity contribution in [2.75, 3.05) is 0 Å². The Hall–Kier alpha value is -0.780. The van der Waals surface area contributed by atoms with Crippen LogP contribution in [0.25, 0.3) is 0 Å². The van der Waals surface area contributed by atoms with Gasteiger partial charge in [-0.1, -0.05) is 0 Å². The average Bonchev–Trinajstić information content (AvgIpc) is 2.27. The Bertz CT molecular complexity index is 287. The fraction of sp³-hybridized carbons (Fsp3) is 0.500. The van der Waals surface area contributed by atoms with Crippen molar-refractivity contribution in [1.82, 2.24) is 4.98 Å². The standard InChI is InChI=1S/C6H10N2.F6P/c1-6(2)8-4-3-7-5-8;1-7(2,3,4,5)6/h3-6H,1-2H3;/q;-1/p+1. The first-order valence-corrected chi connectivity index (χ1v) is 5.88. The van der Waals surface area contributed by atoms with E-state index in [0.717, 1.165) is 0 Å². The fourth-order valence-electron chi connectivity index (χ4n) is 0.622. The van der Waals surface area contributed by atoms with Gasteiger partial charge in [-0.3, -0.25) is 4.98 Å². The van der Waals surface area contributed by atoms with Crippen molar-refractivity contribution in [3.63, 3.8) is 0 Å². The first kappa shape index (κ1) is 14.2. The van der Waals surface area contributed by atoms with Gasteiger partial charge in [0.25, 0.3) is 0 Å². The molecule has 0 aliphatic carbocycles. The van der Waals surface area contributed by atoms with E-state index in [2.05, 4.69) is 23.4 Å². The summed E-state index contributed by atoms with van der Waals surface area (Å²) < 4.78 is 61.3. The van der Waals surface area contributed by atoms with Crippen molar-refractivity contribution in [1.29, 1.82) is 0 Å². The van der Waals surface area contributed by atoms with E-state index in [1.807, 2.05) is 18.7 Å². The number of imidazole rings is 1. The molecule has 92 valence electrons. The van der Waals surface area contributed by atoms with Crippen LogP contribution in [0, 0.1) is 0 Å². The van der Waals surface area contributed by atoms with E-state index in [-0.39, 0.29) is 0 Å². The van der Waals surface area contributed by atoms with Crippen molar-refractivity contribution in [2.45, 2.75) is 19.9 Å². The Morgan fingerprint density at radius 3 is 1.60 bits per heavy atom. The second-order valence-corrected chi connectivity index (χ2v) is 5.03. The van der Waals surface area contributed by atoms with E-state index in [0.29, 0.717) is 6.04 Å². The van der Waals surface area contributed by atoms with Crippen molar-refractivity contribution in [3.05, 3.63) is 18.7 Å². The normalized spacial score (nSPS) is 16.3. The van der Waals surface area contributed by atoms with E-state index in [9.17, 15) is 25.2 Å². The second kappa shape index (κ2) is 3.37. The Morgan fingerprint density at radius 2 is 1.47 bits per heavy atom. The number of aromatic nitrogens is 2. The molecule has 0 aromatic carbocycles. The van der Waals surface area contributed by atoms with Gasteiger partial charge in [0.2, 0.25) is 6.33 Å². The van der Waals surface area contributed by atoms with Crippen molar-refractivity contribution in [3.8, 4) is 0 Å². The molecule has 1 aromatic heterocycles. The third-order valence-corrected chi connectivity index (χ3v) is 1.16. The molecular weight excluding hydrogens is 245 g/mol. The van der Waals surface area contributed by atoms with Gasteiger partial charge in [0.1, 0.15) is 12.4 Å². The van der Waals surface area contributed by atoms with Crippen LogP contribution < -0.4 is 4.57 Å². The van der Waals surface area contributed by atoms with E-state index >= 15 is 0 Å². The summed E-state index contributed by atoms with van der Waals surface area (Å²) >= 11 is 0. The third-order valence-electron chi connectivity index (χ3n) is 1.16. The van der Waals surface area contributed by atoms with Gasteiger partial charge in [-0.25, -0.2) is 4.57 Å². The Balaban J connectivity index is 0.000000265. The van der Waals surface area contributed by atoms with Crippen LogP contribution in [-0.4, -0.2) is 4.98 Å². The molecule has 15 heavy (non-hydrogen) atoms. The number of hydrogen-bond acceptors (Lipinski definition) is 0. The maximum absolute atomic E-state index is 10.7. The van der Waals surface area contributed by atoms with Gasteiger partial charge in [-0.05, 0) is 13.8 Å². The number of nitrogens with one attached hydrogen (secondary N) is 1. The summed E-state index contributed by atoms with van der Waals surface area (Å²) in [5.74, 6) is 0. The predicted octanol–water partition coefficient (Wildman–Crippen LogP) is 4.27. The van der Waals surface area contributed by atoms with Crippen molar-refractivity contribution in [2.24, 2.45) is 0 Å². The number of aromatic amines is 1. The molecule has 1 heterocycles. The van der Waals surface area contributed by atoms with Gasteiger partial charge >= 0.3 is 33.0 Å². The van der Waals surface area contributed by atoms with Crippen LogP contribution in [0.1, 0.15) is 19.9 Å². The summed E-state index contributed by atoms with van der Waals surface area (Å²) in [6, 6.07) is 0.571. The quantitative estimate of drug-likeness (QED) is 0.440. The number of nitrogens with zero attached hydrogens (tertiary/aromatic N) is 1. The molecule has 1 rings (SSSR count). The average molecular weight is 256 g/mol. The van der Waals surface area contributed by atoms with Crippen molar-refractivity contribution >= 4 is 7.81 Å². The molecule has 0 saturated heterocycles. The zero-order valence-corrected chi connectivity index (χ0v) is 8.87. The Kier molecular flexibility index (Phi) is 3.19. The zero-order valence-electron chi connectivity index (χ0n) is 7.97. The van der Waals surface area contributed by atoms with E-state index in [4.69, 9.17) is 0 Å². The summed E-state index contributed by atoms with van der Waals surface area (Å²) in [5, 5.41) is 0. The van der Waals surface area contributed by atoms with Gasteiger partial charge < -0.3 is 0 Å². The number of halogens is 6. The molecule has 0 aliphatic rings. The molecule has 0 saturated carbocycles. The molecule has 0 bridgehead atoms. The fourth-order valence-corrected chi connectivity index (χ4v) is 0.622. The van der Waals surface area contributed by atoms with Crippen LogP contribution in [0.4, 0.5) is 25.2 Å². The molecule has 2 nitrogen and oxygen atoms in total. The van der Waals surface area contributed by atoms with Crippen LogP contribution in [0.2, 0.25) is 0 Å². The van der Waals surface area contributed by atoms with Gasteiger partial charge in [0, 0.05) is 0 Å². The van der Waals surface area contributed by atoms with Gasteiger partial charge in [0.15, 0.2) is 0 Å². The summed E-state index contributed by atoms with van der Waals surface area (Å²) in [4.78, 5) is 2.97. The molecule has 0 fully saturated rings. The van der Waals surface area contributed by atoms with Crippen LogP contribution in [0.15, 0.2) is 18.7 Å². The van der Waals surface area contributed by atoms with Crippen molar-refractivity contribution < 1.29 is 29.7 Å². The first-order valence-electron chi connectivity index (χ1n) is 3.85. The summed E-state index contributed by atoms with van der Waals surface area (Å²) in [6.07, 6.45) is 5.88. The maximum atomic E-state index is 9.87. The molecular formula is C6H11F6N2P. The first-order chi connectivity index (χ1) is 6.25. The van der Waals surface area contributed by atoms with E-state index < -0.39 is 7.81 Å². The molecule has 0 unspecified atom stereocenters. The van der Waals surface area contributed by atoms with Crippen LogP contribution >= 0.6 is 7.81 Å². The number of H-pyrrole nitrogens is 1.